The molecule has 0 saturated carbocycles. The highest BCUT2D eigenvalue weighted by molar-refractivity contribution is 5.65. The van der Waals surface area contributed by atoms with E-state index >= 15 is 4.39 Å². The topological polar surface area (TPSA) is 83.9 Å². The predicted molar refractivity (Wildman–Crippen MR) is 126 cm³/mol. The minimum absolute atomic E-state index is 0.185. The molecule has 0 unspecified atom stereocenters. The van der Waals surface area contributed by atoms with E-state index in [4.69, 9.17) is 19.9 Å². The van der Waals surface area contributed by atoms with Gasteiger partial charge in [0.15, 0.2) is 12.0 Å². The summed E-state index contributed by atoms with van der Waals surface area (Å²) in [7, 11) is 0. The van der Waals surface area contributed by atoms with Gasteiger partial charge in [-0.25, -0.2) is 13.9 Å². The van der Waals surface area contributed by atoms with Gasteiger partial charge in [-0.15, -0.1) is 0 Å². The Bertz CT molecular complexity index is 1240. The van der Waals surface area contributed by atoms with Crippen LogP contribution in [0.5, 0.6) is 0 Å². The highest BCUT2D eigenvalue weighted by atomic mass is 19.1. The molecule has 1 saturated heterocycles. The summed E-state index contributed by atoms with van der Waals surface area (Å²) in [4.78, 5) is 4.02. The van der Waals surface area contributed by atoms with E-state index < -0.39 is 24.0 Å². The lowest BCUT2D eigenvalue weighted by molar-refractivity contribution is -0.0987. The zero-order valence-corrected chi connectivity index (χ0v) is 18.9. The van der Waals surface area contributed by atoms with Crippen LogP contribution in [0.4, 0.5) is 10.2 Å². The Morgan fingerprint density at radius 3 is 2.38 bits per heavy atom. The van der Waals surface area contributed by atoms with Crippen LogP contribution in [0.25, 0.3) is 5.52 Å². The molecule has 1 aliphatic heterocycles. The van der Waals surface area contributed by atoms with Crippen LogP contribution in [0, 0.1) is 0 Å². The largest absolute Gasteiger partial charge is 0.382 e. The number of hydrogen-bond donors (Lipinski definition) is 1. The number of nitrogens with two attached hydrogens (primary N) is 1. The molecule has 0 aliphatic carbocycles. The van der Waals surface area contributed by atoms with Crippen LogP contribution in [-0.4, -0.2) is 39.6 Å². The lowest BCUT2D eigenvalue weighted by Gasteiger charge is -2.26. The number of halogens is 1. The van der Waals surface area contributed by atoms with Crippen molar-refractivity contribution in [3.8, 4) is 0 Å². The Morgan fingerprint density at radius 2 is 1.68 bits per heavy atom. The van der Waals surface area contributed by atoms with Crippen LogP contribution in [0.1, 0.15) is 23.7 Å². The quantitative estimate of drug-likeness (QED) is 0.425. The van der Waals surface area contributed by atoms with E-state index in [0.717, 1.165) is 11.1 Å². The lowest BCUT2D eigenvalue weighted by atomic mass is 9.94. The second kappa shape index (κ2) is 9.50. The number of ether oxygens (including phenoxy) is 3. The molecule has 5 rings (SSSR count). The Hall–Kier alpha value is -3.33. The molecular formula is C26H27FN4O3. The average molecular weight is 463 g/mol. The molecule has 0 bridgehead atoms. The van der Waals surface area contributed by atoms with Crippen LogP contribution >= 0.6 is 0 Å². The van der Waals surface area contributed by atoms with Gasteiger partial charge in [0.05, 0.1) is 25.5 Å². The van der Waals surface area contributed by atoms with Gasteiger partial charge in [0.1, 0.15) is 29.7 Å². The second-order valence-electron chi connectivity index (χ2n) is 8.59. The zero-order chi connectivity index (χ0) is 23.5. The van der Waals surface area contributed by atoms with Crippen molar-refractivity contribution in [3.05, 3.63) is 95.9 Å². The van der Waals surface area contributed by atoms with Crippen molar-refractivity contribution in [1.82, 2.24) is 14.6 Å². The summed E-state index contributed by atoms with van der Waals surface area (Å²) in [5, 5.41) is 4.28. The van der Waals surface area contributed by atoms with E-state index in [2.05, 4.69) is 10.1 Å². The van der Waals surface area contributed by atoms with E-state index in [-0.39, 0.29) is 13.2 Å². The molecule has 4 atom stereocenters. The Labute approximate surface area is 197 Å². The standard InChI is InChI=1S/C26H27FN4O3/c1-26(22-13-12-20-25(28)29-17-30-31(20)22)24(27)23(33-15-19-10-6-3-7-11-19)21(34-26)16-32-14-18-8-4-2-5-9-18/h2-13,17,21,23-24H,14-16H2,1H3,(H2,28,29,30)/t21-,23-,24-,26+/m1/s1. The van der Waals surface area contributed by atoms with Gasteiger partial charge in [-0.3, -0.25) is 0 Å². The highest BCUT2D eigenvalue weighted by Crippen LogP contribution is 2.43. The fourth-order valence-corrected chi connectivity index (χ4v) is 4.43. The van der Waals surface area contributed by atoms with Crippen LogP contribution in [0.2, 0.25) is 0 Å². The summed E-state index contributed by atoms with van der Waals surface area (Å²) in [6, 6.07) is 23.1. The molecule has 1 aliphatic rings. The van der Waals surface area contributed by atoms with Gasteiger partial charge in [0.2, 0.25) is 0 Å². The van der Waals surface area contributed by atoms with Crippen molar-refractivity contribution in [2.24, 2.45) is 0 Å². The van der Waals surface area contributed by atoms with Gasteiger partial charge in [-0.2, -0.15) is 5.10 Å². The van der Waals surface area contributed by atoms with Crippen LogP contribution in [0.3, 0.4) is 0 Å². The second-order valence-corrected chi connectivity index (χ2v) is 8.59. The number of aromatic nitrogens is 3. The average Bonchev–Trinajstić information content (AvgIpc) is 3.40. The zero-order valence-electron chi connectivity index (χ0n) is 18.9. The van der Waals surface area contributed by atoms with Crippen LogP contribution in [-0.2, 0) is 33.0 Å². The molecule has 2 aromatic heterocycles. The first-order valence-electron chi connectivity index (χ1n) is 11.2. The van der Waals surface area contributed by atoms with Crippen molar-refractivity contribution in [3.63, 3.8) is 0 Å². The molecule has 2 aromatic carbocycles. The third-order valence-corrected chi connectivity index (χ3v) is 6.25. The Morgan fingerprint density at radius 1 is 1.00 bits per heavy atom. The minimum Gasteiger partial charge on any atom is -0.382 e. The van der Waals surface area contributed by atoms with Crippen LogP contribution in [0.15, 0.2) is 79.1 Å². The van der Waals surface area contributed by atoms with Crippen molar-refractivity contribution in [2.45, 2.75) is 44.1 Å². The SMILES string of the molecule is C[C@@]1(c2ccc3c(N)ncnn23)O[C@H](COCc2ccccc2)[C@@H](OCc2ccccc2)[C@H]1F. The number of nitrogens with zero attached hydrogens (tertiary/aromatic N) is 3. The fraction of sp³-hybridized carbons (Fsp3) is 0.308. The summed E-state index contributed by atoms with van der Waals surface area (Å²) >= 11 is 0. The molecule has 176 valence electrons. The van der Waals surface area contributed by atoms with Gasteiger partial charge in [0.25, 0.3) is 0 Å². The molecular weight excluding hydrogens is 435 g/mol. The van der Waals surface area contributed by atoms with E-state index in [1.165, 1.54) is 6.33 Å². The molecule has 2 N–H and O–H groups in total. The van der Waals surface area contributed by atoms with Crippen molar-refractivity contribution >= 4 is 11.3 Å². The number of fused-ring (bicyclic) bond motifs is 1. The van der Waals surface area contributed by atoms with Crippen molar-refractivity contribution < 1.29 is 18.6 Å². The van der Waals surface area contributed by atoms with Crippen LogP contribution < -0.4 is 5.73 Å². The Kier molecular flexibility index (Phi) is 6.28. The van der Waals surface area contributed by atoms with Gasteiger partial charge < -0.3 is 19.9 Å². The summed E-state index contributed by atoms with van der Waals surface area (Å²) in [6.07, 6.45) is -1.56. The van der Waals surface area contributed by atoms with Gasteiger partial charge in [0, 0.05) is 0 Å². The number of anilines is 1. The number of hydrogen-bond acceptors (Lipinski definition) is 6. The predicted octanol–water partition coefficient (Wildman–Crippen LogP) is 4.07. The van der Waals surface area contributed by atoms with Gasteiger partial charge in [-0.05, 0) is 30.2 Å². The maximum Gasteiger partial charge on any atom is 0.163 e. The minimum atomic E-state index is -1.46. The van der Waals surface area contributed by atoms with E-state index in [1.54, 1.807) is 23.6 Å². The van der Waals surface area contributed by atoms with E-state index in [1.807, 2.05) is 60.7 Å². The molecule has 4 aromatic rings. The third-order valence-electron chi connectivity index (χ3n) is 6.25. The maximum atomic E-state index is 16.1. The van der Waals surface area contributed by atoms with Crippen molar-refractivity contribution in [2.75, 3.05) is 12.3 Å². The monoisotopic (exact) mass is 462 g/mol. The summed E-state index contributed by atoms with van der Waals surface area (Å²) in [6.45, 7) is 2.57. The normalized spacial score (nSPS) is 24.6. The fourth-order valence-electron chi connectivity index (χ4n) is 4.43. The molecule has 0 amide bonds. The van der Waals surface area contributed by atoms with Gasteiger partial charge in [-0.1, -0.05) is 60.7 Å². The molecule has 1 fully saturated rings. The molecule has 0 radical (unpaired) electrons. The number of benzene rings is 2. The molecule has 3 heterocycles. The lowest BCUT2D eigenvalue weighted by Crippen LogP contribution is -2.38. The maximum absolute atomic E-state index is 16.1. The molecule has 0 spiro atoms. The highest BCUT2D eigenvalue weighted by Gasteiger charge is 2.56. The summed E-state index contributed by atoms with van der Waals surface area (Å²) < 4.78 is 36.1. The molecule has 34 heavy (non-hydrogen) atoms. The molecule has 7 nitrogen and oxygen atoms in total. The smallest absolute Gasteiger partial charge is 0.163 e. The van der Waals surface area contributed by atoms with Crippen molar-refractivity contribution in [1.29, 1.82) is 0 Å². The third kappa shape index (κ3) is 4.27. The summed E-state index contributed by atoms with van der Waals surface area (Å²) in [5.74, 6) is 0.317. The number of alkyl halides is 1. The van der Waals surface area contributed by atoms with Gasteiger partial charge >= 0.3 is 0 Å². The first-order valence-corrected chi connectivity index (χ1v) is 11.2. The Balaban J connectivity index is 1.39. The first-order chi connectivity index (χ1) is 16.6. The number of rotatable bonds is 8. The molecule has 8 heteroatoms. The summed E-state index contributed by atoms with van der Waals surface area (Å²) in [5.41, 5.74) is 7.81. The number of nitrogen functional groups attached to an aromatic ring is 1. The van der Waals surface area contributed by atoms with E-state index in [9.17, 15) is 0 Å². The van der Waals surface area contributed by atoms with E-state index in [0.29, 0.717) is 23.6 Å². The first kappa shape index (κ1) is 22.5.